The van der Waals surface area contributed by atoms with Crippen LogP contribution in [0.1, 0.15) is 34.1 Å². The number of hydrogen-bond acceptors (Lipinski definition) is 3. The fourth-order valence-corrected chi connectivity index (χ4v) is 2.31. The lowest BCUT2D eigenvalue weighted by Gasteiger charge is -2.23. The van der Waals surface area contributed by atoms with E-state index >= 15 is 0 Å². The lowest BCUT2D eigenvalue weighted by Crippen LogP contribution is -2.42. The third-order valence-electron chi connectivity index (χ3n) is 2.65. The number of nitrogens with one attached hydrogen (secondary N) is 2. The van der Waals surface area contributed by atoms with Crippen molar-refractivity contribution in [2.45, 2.75) is 34.1 Å². The number of carbonyl (C=O) groups is 2. The molecule has 0 aromatic carbocycles. The second-order valence-electron chi connectivity index (χ2n) is 5.87. The average molecular weight is 306 g/mol. The Hall–Kier alpha value is -1.11. The molecule has 2 unspecified atom stereocenters. The van der Waals surface area contributed by atoms with Crippen LogP contribution in [0.15, 0.2) is 0 Å². The zero-order valence-corrected chi connectivity index (χ0v) is 13.5. The van der Waals surface area contributed by atoms with Crippen LogP contribution in [0.5, 0.6) is 0 Å². The summed E-state index contributed by atoms with van der Waals surface area (Å²) in [5.41, 5.74) is -0.112. The molecule has 0 spiro atoms. The Bertz CT molecular complexity index is 353. The summed E-state index contributed by atoms with van der Waals surface area (Å²) in [6.45, 7) is 8.12. The second kappa shape index (κ2) is 8.94. The number of carboxylic acid groups (broad SMARTS) is 1. The van der Waals surface area contributed by atoms with Gasteiger partial charge in [0.1, 0.15) is 0 Å². The molecule has 0 rings (SSSR count). The molecule has 0 radical (unpaired) electrons. The van der Waals surface area contributed by atoms with Crippen LogP contribution in [0.25, 0.3) is 0 Å². The minimum absolute atomic E-state index is 0.0926. The molecule has 0 saturated heterocycles. The molecule has 2 atom stereocenters. The number of urea groups is 1. The van der Waals surface area contributed by atoms with Gasteiger partial charge in [0.15, 0.2) is 0 Å². The topological polar surface area (TPSA) is 95.5 Å². The molecule has 3 N–H and O–H groups in total. The van der Waals surface area contributed by atoms with E-state index in [4.69, 9.17) is 5.11 Å². The Balaban J connectivity index is 4.06. The molecule has 0 aliphatic rings. The van der Waals surface area contributed by atoms with Crippen LogP contribution < -0.4 is 10.6 Å². The van der Waals surface area contributed by atoms with Crippen LogP contribution in [-0.4, -0.2) is 45.9 Å². The normalized spacial score (nSPS) is 14.4. The third kappa shape index (κ3) is 9.77. The third-order valence-corrected chi connectivity index (χ3v) is 3.96. The van der Waals surface area contributed by atoms with E-state index in [0.29, 0.717) is 24.5 Å². The van der Waals surface area contributed by atoms with Gasteiger partial charge in [0, 0.05) is 35.4 Å². The minimum atomic E-state index is -0.913. The van der Waals surface area contributed by atoms with Crippen LogP contribution in [0.2, 0.25) is 0 Å². The van der Waals surface area contributed by atoms with E-state index in [9.17, 15) is 13.8 Å². The van der Waals surface area contributed by atoms with Gasteiger partial charge >= 0.3 is 12.0 Å². The molecule has 6 nitrogen and oxygen atoms in total. The lowest BCUT2D eigenvalue weighted by molar-refractivity contribution is -0.142. The van der Waals surface area contributed by atoms with Crippen molar-refractivity contribution in [1.29, 1.82) is 0 Å². The smallest absolute Gasteiger partial charge is 0.314 e. The number of amides is 2. The summed E-state index contributed by atoms with van der Waals surface area (Å²) in [7, 11) is -0.913. The minimum Gasteiger partial charge on any atom is -0.481 e. The molecule has 0 aromatic rings. The Morgan fingerprint density at radius 2 is 1.85 bits per heavy atom. The van der Waals surface area contributed by atoms with E-state index < -0.39 is 28.7 Å². The van der Waals surface area contributed by atoms with Gasteiger partial charge in [-0.05, 0) is 11.8 Å². The fourth-order valence-electron chi connectivity index (χ4n) is 1.69. The van der Waals surface area contributed by atoms with Crippen LogP contribution in [0.4, 0.5) is 4.79 Å². The molecular weight excluding hydrogens is 280 g/mol. The highest BCUT2D eigenvalue weighted by molar-refractivity contribution is 7.84. The summed E-state index contributed by atoms with van der Waals surface area (Å²) >= 11 is 0. The van der Waals surface area contributed by atoms with E-state index in [1.165, 1.54) is 0 Å². The van der Waals surface area contributed by atoms with Crippen molar-refractivity contribution >= 4 is 22.8 Å². The van der Waals surface area contributed by atoms with E-state index in [-0.39, 0.29) is 12.0 Å². The molecule has 20 heavy (non-hydrogen) atoms. The predicted octanol–water partition coefficient (Wildman–Crippen LogP) is 1.19. The standard InChI is InChI=1S/C13H26N2O4S/c1-5-20(19)7-6-14-12(18)15-9-10(11(16)17)8-13(2,3)4/h10H,5-9H2,1-4H3,(H,16,17)(H2,14,15,18). The van der Waals surface area contributed by atoms with Crippen LogP contribution in [-0.2, 0) is 15.6 Å². The van der Waals surface area contributed by atoms with E-state index in [1.54, 1.807) is 0 Å². The van der Waals surface area contributed by atoms with Gasteiger partial charge < -0.3 is 15.7 Å². The summed E-state index contributed by atoms with van der Waals surface area (Å²) < 4.78 is 11.2. The Morgan fingerprint density at radius 3 is 2.30 bits per heavy atom. The molecule has 2 amide bonds. The SMILES string of the molecule is CCS(=O)CCNC(=O)NCC(CC(C)(C)C)C(=O)O. The molecule has 0 aliphatic carbocycles. The van der Waals surface area contributed by atoms with Crippen LogP contribution in [0, 0.1) is 11.3 Å². The molecule has 0 fully saturated rings. The van der Waals surface area contributed by atoms with Gasteiger partial charge in [-0.2, -0.15) is 0 Å². The van der Waals surface area contributed by atoms with Gasteiger partial charge in [-0.3, -0.25) is 9.00 Å². The highest BCUT2D eigenvalue weighted by Crippen LogP contribution is 2.24. The number of aliphatic carboxylic acids is 1. The summed E-state index contributed by atoms with van der Waals surface area (Å²) in [5, 5.41) is 14.2. The Kier molecular flexibility index (Phi) is 8.45. The molecule has 0 aliphatic heterocycles. The van der Waals surface area contributed by atoms with Crippen molar-refractivity contribution in [3.8, 4) is 0 Å². The molecule has 0 saturated carbocycles. The van der Waals surface area contributed by atoms with E-state index in [2.05, 4.69) is 10.6 Å². The van der Waals surface area contributed by atoms with Crippen LogP contribution >= 0.6 is 0 Å². The van der Waals surface area contributed by atoms with Gasteiger partial charge in [-0.15, -0.1) is 0 Å². The van der Waals surface area contributed by atoms with E-state index in [1.807, 2.05) is 27.7 Å². The lowest BCUT2D eigenvalue weighted by atomic mass is 9.84. The number of rotatable bonds is 8. The van der Waals surface area contributed by atoms with Gasteiger partial charge in [0.2, 0.25) is 0 Å². The first-order valence-corrected chi connectivity index (χ1v) is 8.24. The summed E-state index contributed by atoms with van der Waals surface area (Å²) in [6, 6.07) is -0.418. The highest BCUT2D eigenvalue weighted by atomic mass is 32.2. The predicted molar refractivity (Wildman–Crippen MR) is 80.1 cm³/mol. The van der Waals surface area contributed by atoms with Gasteiger partial charge in [0.05, 0.1) is 5.92 Å². The van der Waals surface area contributed by atoms with Crippen molar-refractivity contribution in [2.24, 2.45) is 11.3 Å². The van der Waals surface area contributed by atoms with Gasteiger partial charge in [-0.25, -0.2) is 4.79 Å². The number of carboxylic acids is 1. The van der Waals surface area contributed by atoms with Crippen molar-refractivity contribution in [2.75, 3.05) is 24.6 Å². The quantitative estimate of drug-likeness (QED) is 0.627. The number of hydrogen-bond donors (Lipinski definition) is 3. The number of carbonyl (C=O) groups excluding carboxylic acids is 1. The second-order valence-corrected chi connectivity index (χ2v) is 7.73. The molecule has 118 valence electrons. The van der Waals surface area contributed by atoms with Crippen molar-refractivity contribution in [1.82, 2.24) is 10.6 Å². The largest absolute Gasteiger partial charge is 0.481 e. The average Bonchev–Trinajstić information content (AvgIpc) is 2.32. The monoisotopic (exact) mass is 306 g/mol. The maximum Gasteiger partial charge on any atom is 0.314 e. The Morgan fingerprint density at radius 1 is 1.25 bits per heavy atom. The summed E-state index contributed by atoms with van der Waals surface area (Å²) in [5.74, 6) is -0.539. The van der Waals surface area contributed by atoms with Crippen LogP contribution in [0.3, 0.4) is 0 Å². The zero-order chi connectivity index (χ0) is 15.8. The van der Waals surface area contributed by atoms with Crippen molar-refractivity contribution < 1.29 is 18.9 Å². The fraction of sp³-hybridized carbons (Fsp3) is 0.846. The molecule has 0 bridgehead atoms. The maximum absolute atomic E-state index is 11.5. The summed E-state index contributed by atoms with van der Waals surface area (Å²) in [4.78, 5) is 22.6. The first-order valence-electron chi connectivity index (χ1n) is 6.75. The van der Waals surface area contributed by atoms with Crippen molar-refractivity contribution in [3.05, 3.63) is 0 Å². The Labute approximate surface area is 123 Å². The molecule has 0 aromatic heterocycles. The summed E-state index contributed by atoms with van der Waals surface area (Å²) in [6.07, 6.45) is 0.489. The molecule has 7 heteroatoms. The van der Waals surface area contributed by atoms with E-state index in [0.717, 1.165) is 0 Å². The van der Waals surface area contributed by atoms with Gasteiger partial charge in [0.25, 0.3) is 0 Å². The highest BCUT2D eigenvalue weighted by Gasteiger charge is 2.24. The van der Waals surface area contributed by atoms with Gasteiger partial charge in [-0.1, -0.05) is 27.7 Å². The first-order chi connectivity index (χ1) is 9.15. The zero-order valence-electron chi connectivity index (χ0n) is 12.7. The van der Waals surface area contributed by atoms with Crippen molar-refractivity contribution in [3.63, 3.8) is 0 Å². The first kappa shape index (κ1) is 18.9. The molecular formula is C13H26N2O4S. The molecule has 0 heterocycles. The maximum atomic E-state index is 11.5.